The number of rotatable bonds is 8. The minimum Gasteiger partial charge on any atom is -0.494 e. The maximum absolute atomic E-state index is 12.2. The summed E-state index contributed by atoms with van der Waals surface area (Å²) in [5.41, 5.74) is 4.93. The van der Waals surface area contributed by atoms with Crippen LogP contribution >= 0.6 is 31.9 Å². The summed E-state index contributed by atoms with van der Waals surface area (Å²) in [5, 5.41) is 4.03. The lowest BCUT2D eigenvalue weighted by Crippen LogP contribution is -2.17. The maximum atomic E-state index is 12.2. The Hall–Kier alpha value is -2.64. The van der Waals surface area contributed by atoms with Crippen LogP contribution in [0.3, 0.4) is 0 Å². The van der Waals surface area contributed by atoms with E-state index >= 15 is 0 Å². The van der Waals surface area contributed by atoms with Crippen molar-refractivity contribution in [1.82, 2.24) is 5.43 Å². The van der Waals surface area contributed by atoms with Gasteiger partial charge in [0.05, 0.1) is 17.3 Å². The average molecular weight is 532 g/mol. The highest BCUT2D eigenvalue weighted by Gasteiger charge is 2.05. The quantitative estimate of drug-likeness (QED) is 0.288. The van der Waals surface area contributed by atoms with Crippen molar-refractivity contribution in [3.8, 4) is 11.5 Å². The lowest BCUT2D eigenvalue weighted by molar-refractivity contribution is 0.0955. The van der Waals surface area contributed by atoms with Crippen molar-refractivity contribution in [2.24, 2.45) is 5.10 Å². The Bertz CT molecular complexity index is 1020. The number of hydrogen-bond donors (Lipinski definition) is 1. The third-order valence-electron chi connectivity index (χ3n) is 4.07. The van der Waals surface area contributed by atoms with Gasteiger partial charge < -0.3 is 9.47 Å². The number of hydrogen-bond acceptors (Lipinski definition) is 4. The highest BCUT2D eigenvalue weighted by molar-refractivity contribution is 9.10. The molecule has 5 nitrogen and oxygen atoms in total. The molecule has 0 aromatic heterocycles. The molecule has 0 aliphatic carbocycles. The Morgan fingerprint density at radius 1 is 1.00 bits per heavy atom. The van der Waals surface area contributed by atoms with Crippen LogP contribution in [0.15, 0.2) is 80.8 Å². The van der Waals surface area contributed by atoms with Gasteiger partial charge in [-0.3, -0.25) is 4.79 Å². The van der Waals surface area contributed by atoms with Crippen molar-refractivity contribution in [2.45, 2.75) is 13.5 Å². The summed E-state index contributed by atoms with van der Waals surface area (Å²) >= 11 is 6.94. The van der Waals surface area contributed by atoms with Gasteiger partial charge in [-0.05, 0) is 88.6 Å². The van der Waals surface area contributed by atoms with Crippen LogP contribution in [0.4, 0.5) is 0 Å². The van der Waals surface area contributed by atoms with Gasteiger partial charge in [0.1, 0.15) is 18.1 Å². The number of carbonyl (C=O) groups is 1. The molecule has 3 aromatic rings. The van der Waals surface area contributed by atoms with Gasteiger partial charge in [-0.2, -0.15) is 5.10 Å². The molecule has 0 heterocycles. The minimum atomic E-state index is -0.289. The summed E-state index contributed by atoms with van der Waals surface area (Å²) in [4.78, 5) is 12.2. The van der Waals surface area contributed by atoms with Crippen molar-refractivity contribution in [2.75, 3.05) is 6.61 Å². The second-order valence-corrected chi connectivity index (χ2v) is 8.03. The predicted molar refractivity (Wildman–Crippen MR) is 125 cm³/mol. The fraction of sp³-hybridized carbons (Fsp3) is 0.130. The second-order valence-electron chi connectivity index (χ2n) is 6.26. The van der Waals surface area contributed by atoms with Crippen LogP contribution in [-0.2, 0) is 6.61 Å². The summed E-state index contributed by atoms with van der Waals surface area (Å²) in [7, 11) is 0. The van der Waals surface area contributed by atoms with Crippen LogP contribution in [0, 0.1) is 0 Å². The summed E-state index contributed by atoms with van der Waals surface area (Å²) in [6, 6.07) is 20.5. The van der Waals surface area contributed by atoms with Crippen LogP contribution in [0.5, 0.6) is 11.5 Å². The van der Waals surface area contributed by atoms with E-state index in [1.165, 1.54) is 0 Å². The van der Waals surface area contributed by atoms with Crippen LogP contribution in [0.1, 0.15) is 28.4 Å². The summed E-state index contributed by atoms with van der Waals surface area (Å²) in [6.45, 7) is 2.96. The Morgan fingerprint density at radius 2 is 1.73 bits per heavy atom. The molecule has 0 atom stereocenters. The SMILES string of the molecule is CCOc1ccc(C(=O)N/N=C\c2ccc(OCc3ccc(Br)cc3)c(Br)c2)cc1. The number of halogens is 2. The van der Waals surface area contributed by atoms with Crippen LogP contribution in [0.2, 0.25) is 0 Å². The van der Waals surface area contributed by atoms with Gasteiger partial charge in [-0.15, -0.1) is 0 Å². The fourth-order valence-electron chi connectivity index (χ4n) is 2.56. The van der Waals surface area contributed by atoms with Gasteiger partial charge in [0.25, 0.3) is 5.91 Å². The van der Waals surface area contributed by atoms with Crippen molar-refractivity contribution in [1.29, 1.82) is 0 Å². The molecule has 0 fully saturated rings. The van der Waals surface area contributed by atoms with E-state index in [1.807, 2.05) is 49.4 Å². The molecule has 0 aliphatic heterocycles. The molecule has 0 saturated heterocycles. The summed E-state index contributed by atoms with van der Waals surface area (Å²) in [5.74, 6) is 1.17. The maximum Gasteiger partial charge on any atom is 0.271 e. The highest BCUT2D eigenvalue weighted by Crippen LogP contribution is 2.26. The van der Waals surface area contributed by atoms with E-state index in [-0.39, 0.29) is 5.91 Å². The van der Waals surface area contributed by atoms with E-state index < -0.39 is 0 Å². The van der Waals surface area contributed by atoms with E-state index in [1.54, 1.807) is 30.5 Å². The van der Waals surface area contributed by atoms with Gasteiger partial charge in [0.2, 0.25) is 0 Å². The Balaban J connectivity index is 1.54. The molecular formula is C23H20Br2N2O3. The van der Waals surface area contributed by atoms with E-state index in [4.69, 9.17) is 9.47 Å². The first-order valence-corrected chi connectivity index (χ1v) is 10.9. The number of ether oxygens (including phenoxy) is 2. The number of benzene rings is 3. The lowest BCUT2D eigenvalue weighted by atomic mass is 10.2. The molecule has 3 rings (SSSR count). The normalized spacial score (nSPS) is 10.8. The minimum absolute atomic E-state index is 0.289. The molecule has 0 radical (unpaired) electrons. The Labute approximate surface area is 192 Å². The van der Waals surface area contributed by atoms with Gasteiger partial charge in [0.15, 0.2) is 0 Å². The smallest absolute Gasteiger partial charge is 0.271 e. The average Bonchev–Trinajstić information content (AvgIpc) is 2.75. The van der Waals surface area contributed by atoms with Crippen molar-refractivity contribution in [3.05, 3.63) is 92.4 Å². The monoisotopic (exact) mass is 530 g/mol. The molecule has 3 aromatic carbocycles. The topological polar surface area (TPSA) is 59.9 Å². The number of amides is 1. The van der Waals surface area contributed by atoms with Crippen LogP contribution in [0.25, 0.3) is 0 Å². The second kappa shape index (κ2) is 10.9. The molecule has 0 spiro atoms. The molecule has 0 saturated carbocycles. The number of nitrogens with zero attached hydrogens (tertiary/aromatic N) is 1. The van der Waals surface area contributed by atoms with Gasteiger partial charge in [0, 0.05) is 10.0 Å². The highest BCUT2D eigenvalue weighted by atomic mass is 79.9. The first-order valence-electron chi connectivity index (χ1n) is 9.28. The van der Waals surface area contributed by atoms with E-state index in [2.05, 4.69) is 42.4 Å². The van der Waals surface area contributed by atoms with E-state index in [0.717, 1.165) is 31.6 Å². The number of carbonyl (C=O) groups excluding carboxylic acids is 1. The first kappa shape index (κ1) is 22.1. The van der Waals surface area contributed by atoms with E-state index in [0.29, 0.717) is 18.8 Å². The van der Waals surface area contributed by atoms with Crippen LogP contribution < -0.4 is 14.9 Å². The summed E-state index contributed by atoms with van der Waals surface area (Å²) < 4.78 is 13.1. The van der Waals surface area contributed by atoms with Gasteiger partial charge in [-0.25, -0.2) is 5.43 Å². The molecule has 154 valence electrons. The lowest BCUT2D eigenvalue weighted by Gasteiger charge is -2.09. The largest absolute Gasteiger partial charge is 0.494 e. The van der Waals surface area contributed by atoms with Crippen LogP contribution in [-0.4, -0.2) is 18.7 Å². The van der Waals surface area contributed by atoms with Crippen molar-refractivity contribution in [3.63, 3.8) is 0 Å². The fourth-order valence-corrected chi connectivity index (χ4v) is 3.33. The van der Waals surface area contributed by atoms with E-state index in [9.17, 15) is 4.79 Å². The van der Waals surface area contributed by atoms with Crippen molar-refractivity contribution < 1.29 is 14.3 Å². The van der Waals surface area contributed by atoms with Gasteiger partial charge in [-0.1, -0.05) is 28.1 Å². The third kappa shape index (κ3) is 6.43. The molecule has 7 heteroatoms. The predicted octanol–water partition coefficient (Wildman–Crippen LogP) is 5.95. The molecular weight excluding hydrogens is 512 g/mol. The Kier molecular flexibility index (Phi) is 8.04. The first-order chi connectivity index (χ1) is 14.5. The Morgan fingerprint density at radius 3 is 2.40 bits per heavy atom. The third-order valence-corrected chi connectivity index (χ3v) is 5.22. The zero-order valence-corrected chi connectivity index (χ0v) is 19.4. The van der Waals surface area contributed by atoms with Crippen molar-refractivity contribution >= 4 is 44.0 Å². The molecule has 30 heavy (non-hydrogen) atoms. The molecule has 0 aliphatic rings. The van der Waals surface area contributed by atoms with Gasteiger partial charge >= 0.3 is 0 Å². The molecule has 0 bridgehead atoms. The standard InChI is InChI=1S/C23H20Br2N2O3/c1-2-29-20-10-6-18(7-11-20)23(28)27-26-14-17-5-12-22(21(25)13-17)30-15-16-3-8-19(24)9-4-16/h3-14H,2,15H2,1H3,(H,27,28)/b26-14-. The summed E-state index contributed by atoms with van der Waals surface area (Å²) in [6.07, 6.45) is 1.58. The number of nitrogens with one attached hydrogen (secondary N) is 1. The molecule has 1 N–H and O–H groups in total. The zero-order valence-electron chi connectivity index (χ0n) is 16.3. The number of hydrazone groups is 1. The molecule has 1 amide bonds. The molecule has 0 unspecified atom stereocenters. The zero-order chi connectivity index (χ0) is 21.3.